The molecule has 0 spiro atoms. The third kappa shape index (κ3) is 4.44. The molecule has 0 fully saturated rings. The number of hydrogen-bond donors (Lipinski definition) is 1. The molecule has 0 aliphatic heterocycles. The van der Waals surface area contributed by atoms with Crippen LogP contribution in [0.2, 0.25) is 10.0 Å². The Morgan fingerprint density at radius 3 is 2.81 bits per heavy atom. The largest absolute Gasteiger partial charge is 0.489 e. The van der Waals surface area contributed by atoms with E-state index in [9.17, 15) is 0 Å². The standard InChI is InChI=1S/C12H15Cl2NO/c1-3-6-15-8-9(2)16-10-4-5-11(13)12(14)7-10/h3-5,7,9,15H,1,6,8H2,2H3. The summed E-state index contributed by atoms with van der Waals surface area (Å²) < 4.78 is 5.66. The third-order valence-corrected chi connectivity index (χ3v) is 2.69. The maximum atomic E-state index is 5.88. The molecule has 1 aromatic carbocycles. The first kappa shape index (κ1) is 13.4. The van der Waals surface area contributed by atoms with Gasteiger partial charge in [0.2, 0.25) is 0 Å². The Balaban J connectivity index is 2.46. The van der Waals surface area contributed by atoms with Gasteiger partial charge < -0.3 is 10.1 Å². The van der Waals surface area contributed by atoms with Crippen molar-refractivity contribution in [1.29, 1.82) is 0 Å². The lowest BCUT2D eigenvalue weighted by Crippen LogP contribution is -2.28. The van der Waals surface area contributed by atoms with Gasteiger partial charge in [0.25, 0.3) is 0 Å². The highest BCUT2D eigenvalue weighted by Crippen LogP contribution is 2.26. The summed E-state index contributed by atoms with van der Waals surface area (Å²) in [4.78, 5) is 0. The van der Waals surface area contributed by atoms with Crippen molar-refractivity contribution in [3.63, 3.8) is 0 Å². The fourth-order valence-electron chi connectivity index (χ4n) is 1.21. The first-order valence-corrected chi connectivity index (χ1v) is 5.82. The maximum absolute atomic E-state index is 5.88. The van der Waals surface area contributed by atoms with Crippen molar-refractivity contribution in [2.75, 3.05) is 13.1 Å². The molecule has 1 aromatic rings. The summed E-state index contributed by atoms with van der Waals surface area (Å²) in [5.74, 6) is 0.724. The van der Waals surface area contributed by atoms with E-state index in [1.54, 1.807) is 18.2 Å². The minimum absolute atomic E-state index is 0.0668. The zero-order valence-corrected chi connectivity index (χ0v) is 10.7. The van der Waals surface area contributed by atoms with E-state index < -0.39 is 0 Å². The molecule has 2 nitrogen and oxygen atoms in total. The zero-order valence-electron chi connectivity index (χ0n) is 9.17. The van der Waals surface area contributed by atoms with Crippen molar-refractivity contribution in [3.8, 4) is 5.75 Å². The second kappa shape index (κ2) is 6.79. The fourth-order valence-corrected chi connectivity index (χ4v) is 1.50. The predicted octanol–water partition coefficient (Wildman–Crippen LogP) is 3.54. The van der Waals surface area contributed by atoms with E-state index in [2.05, 4.69) is 11.9 Å². The molecule has 88 valence electrons. The number of benzene rings is 1. The van der Waals surface area contributed by atoms with Crippen molar-refractivity contribution < 1.29 is 4.74 Å². The third-order valence-electron chi connectivity index (χ3n) is 1.95. The van der Waals surface area contributed by atoms with Crippen LogP contribution >= 0.6 is 23.2 Å². The number of rotatable bonds is 6. The Kier molecular flexibility index (Phi) is 5.67. The topological polar surface area (TPSA) is 21.3 Å². The van der Waals surface area contributed by atoms with Crippen molar-refractivity contribution >= 4 is 23.2 Å². The van der Waals surface area contributed by atoms with E-state index in [1.165, 1.54) is 0 Å². The number of nitrogens with one attached hydrogen (secondary N) is 1. The van der Waals surface area contributed by atoms with Crippen molar-refractivity contribution in [2.45, 2.75) is 13.0 Å². The molecule has 0 aliphatic carbocycles. The zero-order chi connectivity index (χ0) is 12.0. The molecule has 1 atom stereocenters. The highest BCUT2D eigenvalue weighted by molar-refractivity contribution is 6.42. The molecule has 0 saturated heterocycles. The van der Waals surface area contributed by atoms with Crippen LogP contribution in [0.5, 0.6) is 5.75 Å². The summed E-state index contributed by atoms with van der Waals surface area (Å²) >= 11 is 11.7. The minimum atomic E-state index is 0.0668. The molecule has 0 aliphatic rings. The van der Waals surface area contributed by atoms with Crippen LogP contribution in [0.4, 0.5) is 0 Å². The van der Waals surface area contributed by atoms with Gasteiger partial charge in [-0.1, -0.05) is 29.3 Å². The molecule has 1 N–H and O–H groups in total. The van der Waals surface area contributed by atoms with E-state index in [0.29, 0.717) is 10.0 Å². The number of hydrogen-bond acceptors (Lipinski definition) is 2. The summed E-state index contributed by atoms with van der Waals surface area (Å²) in [5, 5.41) is 4.22. The molecule has 0 saturated carbocycles. The number of halogens is 2. The molecule has 0 bridgehead atoms. The molecule has 16 heavy (non-hydrogen) atoms. The Hall–Kier alpha value is -0.700. The van der Waals surface area contributed by atoms with E-state index in [0.717, 1.165) is 18.8 Å². The average Bonchev–Trinajstić information content (AvgIpc) is 2.24. The van der Waals surface area contributed by atoms with Gasteiger partial charge in [0, 0.05) is 19.2 Å². The second-order valence-corrected chi connectivity index (χ2v) is 4.27. The molecule has 1 unspecified atom stereocenters. The molecule has 4 heteroatoms. The van der Waals surface area contributed by atoms with E-state index >= 15 is 0 Å². The van der Waals surface area contributed by atoms with Crippen LogP contribution in [-0.2, 0) is 0 Å². The van der Waals surface area contributed by atoms with Gasteiger partial charge in [0.1, 0.15) is 11.9 Å². The molecule has 0 heterocycles. The SMILES string of the molecule is C=CCNCC(C)Oc1ccc(Cl)c(Cl)c1. The highest BCUT2D eigenvalue weighted by Gasteiger charge is 2.05. The quantitative estimate of drug-likeness (QED) is 0.624. The molecular formula is C12H15Cl2NO. The van der Waals surface area contributed by atoms with Crippen LogP contribution < -0.4 is 10.1 Å². The van der Waals surface area contributed by atoms with Crippen molar-refractivity contribution in [1.82, 2.24) is 5.32 Å². The summed E-state index contributed by atoms with van der Waals surface area (Å²) in [6, 6.07) is 5.25. The van der Waals surface area contributed by atoms with Crippen molar-refractivity contribution in [3.05, 3.63) is 40.9 Å². The summed E-state index contributed by atoms with van der Waals surface area (Å²) in [5.41, 5.74) is 0. The average molecular weight is 260 g/mol. The van der Waals surface area contributed by atoms with Gasteiger partial charge in [-0.3, -0.25) is 0 Å². The first-order valence-electron chi connectivity index (χ1n) is 5.07. The maximum Gasteiger partial charge on any atom is 0.121 e. The smallest absolute Gasteiger partial charge is 0.121 e. The Bertz CT molecular complexity index is 355. The normalized spacial score (nSPS) is 12.2. The van der Waals surface area contributed by atoms with E-state index in [4.69, 9.17) is 27.9 Å². The fraction of sp³-hybridized carbons (Fsp3) is 0.333. The predicted molar refractivity (Wildman–Crippen MR) is 69.6 cm³/mol. The van der Waals surface area contributed by atoms with E-state index in [1.807, 2.05) is 13.0 Å². The summed E-state index contributed by atoms with van der Waals surface area (Å²) in [7, 11) is 0. The molecule has 1 rings (SSSR count). The van der Waals surface area contributed by atoms with E-state index in [-0.39, 0.29) is 6.10 Å². The summed E-state index contributed by atoms with van der Waals surface area (Å²) in [6.45, 7) is 7.14. The lowest BCUT2D eigenvalue weighted by molar-refractivity contribution is 0.219. The van der Waals surface area contributed by atoms with Gasteiger partial charge in [-0.05, 0) is 19.1 Å². The van der Waals surface area contributed by atoms with Crippen LogP contribution in [0.15, 0.2) is 30.9 Å². The molecule has 0 amide bonds. The molecular weight excluding hydrogens is 245 g/mol. The monoisotopic (exact) mass is 259 g/mol. The van der Waals surface area contributed by atoms with Crippen LogP contribution in [0.25, 0.3) is 0 Å². The van der Waals surface area contributed by atoms with Gasteiger partial charge in [0.05, 0.1) is 10.0 Å². The van der Waals surface area contributed by atoms with Gasteiger partial charge in [-0.15, -0.1) is 6.58 Å². The second-order valence-electron chi connectivity index (χ2n) is 3.45. The minimum Gasteiger partial charge on any atom is -0.489 e. The lowest BCUT2D eigenvalue weighted by Gasteiger charge is -2.15. The van der Waals surface area contributed by atoms with Gasteiger partial charge in [-0.2, -0.15) is 0 Å². The Labute approximate surface area is 106 Å². The number of ether oxygens (including phenoxy) is 1. The lowest BCUT2D eigenvalue weighted by atomic mass is 10.3. The molecule has 0 aromatic heterocycles. The highest BCUT2D eigenvalue weighted by atomic mass is 35.5. The Morgan fingerprint density at radius 1 is 1.44 bits per heavy atom. The van der Waals surface area contributed by atoms with Crippen LogP contribution in [0.3, 0.4) is 0 Å². The van der Waals surface area contributed by atoms with Crippen LogP contribution in [0, 0.1) is 0 Å². The van der Waals surface area contributed by atoms with Gasteiger partial charge >= 0.3 is 0 Å². The summed E-state index contributed by atoms with van der Waals surface area (Å²) in [6.07, 6.45) is 1.88. The van der Waals surface area contributed by atoms with Crippen molar-refractivity contribution in [2.24, 2.45) is 0 Å². The molecule has 0 radical (unpaired) electrons. The van der Waals surface area contributed by atoms with Crippen LogP contribution in [-0.4, -0.2) is 19.2 Å². The first-order chi connectivity index (χ1) is 7.63. The van der Waals surface area contributed by atoms with Gasteiger partial charge in [0.15, 0.2) is 0 Å². The Morgan fingerprint density at radius 2 is 2.19 bits per heavy atom. The van der Waals surface area contributed by atoms with Crippen LogP contribution in [0.1, 0.15) is 6.92 Å². The van der Waals surface area contributed by atoms with Gasteiger partial charge in [-0.25, -0.2) is 0 Å².